The number of rotatable bonds is 10. The molecule has 0 bridgehead atoms. The van der Waals surface area contributed by atoms with Crippen molar-refractivity contribution in [1.82, 2.24) is 10.2 Å². The van der Waals surface area contributed by atoms with E-state index < -0.39 is 0 Å². The third-order valence-corrected chi connectivity index (χ3v) is 5.28. The van der Waals surface area contributed by atoms with Crippen molar-refractivity contribution in [3.63, 3.8) is 0 Å². The molecule has 0 atom stereocenters. The standard InChI is InChI=1S/C22H28ClFN2O3.2ClH/c1-27-22-14-17(15-25-8-3-9-26-10-12-28-13-11-26)6-7-21(22)29-16-18-19(23)4-2-5-20(18)24;;/h2,4-7,14,25H,3,8-13,15-16H2,1H3;2*1H. The fraction of sp³-hybridized carbons (Fsp3) is 0.455. The van der Waals surface area contributed by atoms with Crippen molar-refractivity contribution in [3.05, 3.63) is 58.4 Å². The Kier molecular flexibility index (Phi) is 13.2. The summed E-state index contributed by atoms with van der Waals surface area (Å²) in [5.41, 5.74) is 1.44. The minimum absolute atomic E-state index is 0. The Hall–Kier alpha value is -1.28. The molecule has 0 aromatic heterocycles. The molecule has 0 saturated carbocycles. The molecule has 1 N–H and O–H groups in total. The van der Waals surface area contributed by atoms with Crippen LogP contribution in [0.25, 0.3) is 0 Å². The highest BCUT2D eigenvalue weighted by Crippen LogP contribution is 2.30. The summed E-state index contributed by atoms with van der Waals surface area (Å²) in [6.45, 7) is 6.55. The molecule has 0 amide bonds. The van der Waals surface area contributed by atoms with Crippen molar-refractivity contribution in [1.29, 1.82) is 0 Å². The minimum atomic E-state index is -0.380. The highest BCUT2D eigenvalue weighted by atomic mass is 35.5. The fourth-order valence-corrected chi connectivity index (χ4v) is 3.46. The van der Waals surface area contributed by atoms with Crippen molar-refractivity contribution < 1.29 is 18.6 Å². The van der Waals surface area contributed by atoms with Gasteiger partial charge in [-0.25, -0.2) is 4.39 Å². The lowest BCUT2D eigenvalue weighted by Gasteiger charge is -2.26. The number of morpholine rings is 1. The van der Waals surface area contributed by atoms with Crippen LogP contribution in [0.3, 0.4) is 0 Å². The number of halogens is 4. The molecular weight excluding hydrogens is 466 g/mol. The number of nitrogens with zero attached hydrogens (tertiary/aromatic N) is 1. The van der Waals surface area contributed by atoms with Gasteiger partial charge < -0.3 is 19.5 Å². The summed E-state index contributed by atoms with van der Waals surface area (Å²) < 4.78 is 30.5. The van der Waals surface area contributed by atoms with Gasteiger partial charge in [-0.3, -0.25) is 4.90 Å². The molecule has 174 valence electrons. The summed E-state index contributed by atoms with van der Waals surface area (Å²) in [6.07, 6.45) is 1.10. The molecule has 2 aromatic rings. The minimum Gasteiger partial charge on any atom is -0.493 e. The Morgan fingerprint density at radius 3 is 2.61 bits per heavy atom. The quantitative estimate of drug-likeness (QED) is 0.483. The van der Waals surface area contributed by atoms with Crippen LogP contribution >= 0.6 is 36.4 Å². The lowest BCUT2D eigenvalue weighted by molar-refractivity contribution is 0.0374. The predicted octanol–water partition coefficient (Wildman–Crippen LogP) is 4.72. The smallest absolute Gasteiger partial charge is 0.161 e. The van der Waals surface area contributed by atoms with Crippen LogP contribution in [0.2, 0.25) is 5.02 Å². The number of hydrogen-bond acceptors (Lipinski definition) is 5. The molecule has 2 aromatic carbocycles. The fourth-order valence-electron chi connectivity index (χ4n) is 3.25. The first kappa shape index (κ1) is 27.8. The van der Waals surface area contributed by atoms with Gasteiger partial charge in [-0.05, 0) is 49.3 Å². The second kappa shape index (κ2) is 14.7. The zero-order valence-electron chi connectivity index (χ0n) is 17.6. The average Bonchev–Trinajstić information content (AvgIpc) is 2.74. The summed E-state index contributed by atoms with van der Waals surface area (Å²) in [5, 5.41) is 3.81. The van der Waals surface area contributed by atoms with E-state index in [4.69, 9.17) is 25.8 Å². The molecule has 5 nitrogen and oxygen atoms in total. The van der Waals surface area contributed by atoms with Crippen LogP contribution < -0.4 is 14.8 Å². The molecule has 1 fully saturated rings. The molecule has 0 spiro atoms. The lowest BCUT2D eigenvalue weighted by Crippen LogP contribution is -2.37. The van der Waals surface area contributed by atoms with Gasteiger partial charge >= 0.3 is 0 Å². The van der Waals surface area contributed by atoms with Crippen LogP contribution in [-0.2, 0) is 17.9 Å². The van der Waals surface area contributed by atoms with Crippen molar-refractivity contribution in [3.8, 4) is 11.5 Å². The maximum Gasteiger partial charge on any atom is 0.161 e. The van der Waals surface area contributed by atoms with Gasteiger partial charge in [-0.15, -0.1) is 24.8 Å². The SMILES string of the molecule is COc1cc(CNCCCN2CCOCC2)ccc1OCc1c(F)cccc1Cl.Cl.Cl. The van der Waals surface area contributed by atoms with Crippen molar-refractivity contribution in [2.45, 2.75) is 19.6 Å². The van der Waals surface area contributed by atoms with Crippen LogP contribution in [0, 0.1) is 5.82 Å². The van der Waals surface area contributed by atoms with Gasteiger partial charge in [-0.1, -0.05) is 23.7 Å². The Morgan fingerprint density at radius 1 is 1.13 bits per heavy atom. The molecule has 0 radical (unpaired) electrons. The zero-order valence-corrected chi connectivity index (χ0v) is 20.0. The van der Waals surface area contributed by atoms with Crippen LogP contribution in [-0.4, -0.2) is 51.4 Å². The maximum absolute atomic E-state index is 13.9. The van der Waals surface area contributed by atoms with Crippen LogP contribution in [0.1, 0.15) is 17.5 Å². The summed E-state index contributed by atoms with van der Waals surface area (Å²) >= 11 is 6.06. The largest absolute Gasteiger partial charge is 0.493 e. The van der Waals surface area contributed by atoms with Crippen molar-refractivity contribution in [2.24, 2.45) is 0 Å². The average molecular weight is 496 g/mol. The molecule has 31 heavy (non-hydrogen) atoms. The van der Waals surface area contributed by atoms with E-state index in [0.717, 1.165) is 57.9 Å². The monoisotopic (exact) mass is 494 g/mol. The van der Waals surface area contributed by atoms with Gasteiger partial charge in [0, 0.05) is 25.2 Å². The molecule has 1 saturated heterocycles. The second-order valence-corrected chi connectivity index (χ2v) is 7.37. The molecule has 1 heterocycles. The number of nitrogens with one attached hydrogen (secondary N) is 1. The molecule has 9 heteroatoms. The summed E-state index contributed by atoms with van der Waals surface area (Å²) in [4.78, 5) is 2.43. The molecule has 1 aliphatic rings. The van der Waals surface area contributed by atoms with Gasteiger partial charge in [-0.2, -0.15) is 0 Å². The van der Waals surface area contributed by atoms with Crippen molar-refractivity contribution >= 4 is 36.4 Å². The second-order valence-electron chi connectivity index (χ2n) is 6.96. The molecule has 3 rings (SSSR count). The number of benzene rings is 2. The molecular formula is C22H30Cl3FN2O3. The summed E-state index contributed by atoms with van der Waals surface area (Å²) in [7, 11) is 1.60. The van der Waals surface area contributed by atoms with Gasteiger partial charge in [0.2, 0.25) is 0 Å². The first-order valence-electron chi connectivity index (χ1n) is 9.91. The normalized spacial score (nSPS) is 13.8. The first-order chi connectivity index (χ1) is 14.2. The third kappa shape index (κ3) is 8.64. The van der Waals surface area contributed by atoms with Crippen LogP contribution in [0.5, 0.6) is 11.5 Å². The van der Waals surface area contributed by atoms with Crippen LogP contribution in [0.15, 0.2) is 36.4 Å². The van der Waals surface area contributed by atoms with Gasteiger partial charge in [0.25, 0.3) is 0 Å². The number of ether oxygens (including phenoxy) is 3. The summed E-state index contributed by atoms with van der Waals surface area (Å²) in [6, 6.07) is 10.4. The predicted molar refractivity (Wildman–Crippen MR) is 127 cm³/mol. The third-order valence-electron chi connectivity index (χ3n) is 4.92. The van der Waals surface area contributed by atoms with E-state index in [9.17, 15) is 4.39 Å². The Balaban J connectivity index is 0.00000240. The Morgan fingerprint density at radius 2 is 1.90 bits per heavy atom. The van der Waals surface area contributed by atoms with Gasteiger partial charge in [0.05, 0.1) is 25.3 Å². The van der Waals surface area contributed by atoms with E-state index in [1.807, 2.05) is 18.2 Å². The van der Waals surface area contributed by atoms with Crippen molar-refractivity contribution in [2.75, 3.05) is 46.5 Å². The zero-order chi connectivity index (χ0) is 20.5. The lowest BCUT2D eigenvalue weighted by atomic mass is 10.2. The molecule has 0 unspecified atom stereocenters. The van der Waals surface area contributed by atoms with E-state index in [-0.39, 0.29) is 37.2 Å². The Labute approximate surface area is 201 Å². The number of methoxy groups -OCH3 is 1. The first-order valence-corrected chi connectivity index (χ1v) is 10.3. The Bertz CT molecular complexity index is 772. The maximum atomic E-state index is 13.9. The topological polar surface area (TPSA) is 43.0 Å². The highest BCUT2D eigenvalue weighted by molar-refractivity contribution is 6.31. The van der Waals surface area contributed by atoms with E-state index in [1.54, 1.807) is 19.2 Å². The van der Waals surface area contributed by atoms with Gasteiger partial charge in [0.1, 0.15) is 12.4 Å². The summed E-state index contributed by atoms with van der Waals surface area (Å²) in [5.74, 6) is 0.794. The highest BCUT2D eigenvalue weighted by Gasteiger charge is 2.11. The van der Waals surface area contributed by atoms with E-state index >= 15 is 0 Å². The van der Waals surface area contributed by atoms with E-state index in [2.05, 4.69) is 10.2 Å². The van der Waals surface area contributed by atoms with E-state index in [0.29, 0.717) is 22.1 Å². The van der Waals surface area contributed by atoms with Crippen LogP contribution in [0.4, 0.5) is 4.39 Å². The molecule has 1 aliphatic heterocycles. The van der Waals surface area contributed by atoms with E-state index in [1.165, 1.54) is 6.07 Å². The number of hydrogen-bond donors (Lipinski definition) is 1. The molecule has 0 aliphatic carbocycles. The van der Waals surface area contributed by atoms with Gasteiger partial charge in [0.15, 0.2) is 11.5 Å².